The lowest BCUT2D eigenvalue weighted by molar-refractivity contribution is -0.122. The molecule has 0 unspecified atom stereocenters. The van der Waals surface area contributed by atoms with E-state index in [4.69, 9.17) is 11.6 Å². The molecule has 12 heteroatoms. The molecule has 0 radical (unpaired) electrons. The topological polar surface area (TPSA) is 132 Å². The lowest BCUT2D eigenvalue weighted by atomic mass is 10.00. The van der Waals surface area contributed by atoms with E-state index in [1.54, 1.807) is 50.4 Å². The Labute approximate surface area is 214 Å². The molecule has 1 aliphatic carbocycles. The minimum atomic E-state index is -3.01. The second-order valence-corrected chi connectivity index (χ2v) is 9.33. The smallest absolute Gasteiger partial charge is 0.283 e. The third-order valence-electron chi connectivity index (χ3n) is 6.34. The molecule has 4 aromatic rings. The van der Waals surface area contributed by atoms with Gasteiger partial charge in [-0.3, -0.25) is 9.78 Å². The summed E-state index contributed by atoms with van der Waals surface area (Å²) < 4.78 is 28.7. The summed E-state index contributed by atoms with van der Waals surface area (Å²) >= 11 is 6.15. The Balaban J connectivity index is 1.74. The molecule has 1 amide bonds. The minimum absolute atomic E-state index is 0.0637. The van der Waals surface area contributed by atoms with Crippen LogP contribution >= 0.6 is 11.6 Å². The second-order valence-electron chi connectivity index (χ2n) is 8.90. The highest BCUT2D eigenvalue weighted by molar-refractivity contribution is 6.31. The monoisotopic (exact) mass is 520 g/mol. The number of carbonyl (C=O) groups is 1. The predicted molar refractivity (Wildman–Crippen MR) is 132 cm³/mol. The number of benzene rings is 1. The van der Waals surface area contributed by atoms with Crippen LogP contribution in [0.3, 0.4) is 0 Å². The number of aryl methyl sites for hydroxylation is 1. The van der Waals surface area contributed by atoms with Crippen LogP contribution in [0.15, 0.2) is 30.5 Å². The molecule has 1 fully saturated rings. The van der Waals surface area contributed by atoms with Crippen molar-refractivity contribution in [1.82, 2.24) is 24.9 Å². The van der Waals surface area contributed by atoms with Gasteiger partial charge >= 0.3 is 0 Å². The third kappa shape index (κ3) is 4.17. The number of fused-ring (bicyclic) bond motifs is 2. The number of alkyl halides is 2. The number of nitrogens with one attached hydrogen (secondary N) is 2. The summed E-state index contributed by atoms with van der Waals surface area (Å²) in [6, 6.07) is 9.91. The maximum atomic E-state index is 13.8. The Bertz CT molecular complexity index is 1670. The van der Waals surface area contributed by atoms with Crippen molar-refractivity contribution in [2.75, 3.05) is 5.32 Å². The van der Waals surface area contributed by atoms with Gasteiger partial charge in [-0.15, -0.1) is 0 Å². The summed E-state index contributed by atoms with van der Waals surface area (Å²) in [4.78, 5) is 21.8. The largest absolute Gasteiger partial charge is 0.358 e. The van der Waals surface area contributed by atoms with Crippen LogP contribution in [0.25, 0.3) is 27.7 Å². The van der Waals surface area contributed by atoms with Gasteiger partial charge in [-0.25, -0.2) is 13.8 Å². The molecule has 1 atom stereocenters. The fraction of sp³-hybridized carbons (Fsp3) is 0.280. The molecule has 9 nitrogen and oxygen atoms in total. The molecule has 3 aromatic heterocycles. The number of hydrogen-bond acceptors (Lipinski definition) is 7. The number of nitrogens with zero attached hydrogens (tertiary/aromatic N) is 6. The van der Waals surface area contributed by atoms with Crippen molar-refractivity contribution in [3.8, 4) is 23.3 Å². The SMILES string of the molecule is Cc1nc2c(C#N)c(C(F)F)nn2c(N[C@H](C)C(=O)NC2(C#N)CC2)c1-c1ccnc2cc(Cl)ccc12. The molecule has 1 saturated carbocycles. The van der Waals surface area contributed by atoms with Gasteiger partial charge in [0.2, 0.25) is 5.91 Å². The standard InChI is InChI=1S/C25H19ClF2N8O/c1-12-19(16-5-8-31-18-9-14(26)3-4-15(16)18)23(33-13(2)24(37)34-25(11-30)6-7-25)36-22(32-12)17(10-29)20(35-36)21(27)28/h3-5,8-9,13,21,33H,6-7H2,1-2H3,(H,34,37)/t13-/m1/s1. The zero-order valence-corrected chi connectivity index (χ0v) is 20.4. The molecule has 0 spiro atoms. The fourth-order valence-corrected chi connectivity index (χ4v) is 4.40. The molecule has 0 saturated heterocycles. The lowest BCUT2D eigenvalue weighted by Crippen LogP contribution is -2.44. The first kappa shape index (κ1) is 24.3. The molecular weight excluding hydrogens is 502 g/mol. The fourth-order valence-electron chi connectivity index (χ4n) is 4.24. The van der Waals surface area contributed by atoms with E-state index in [9.17, 15) is 24.1 Å². The Morgan fingerprint density at radius 2 is 2.03 bits per heavy atom. The van der Waals surface area contributed by atoms with Gasteiger partial charge in [-0.2, -0.15) is 20.1 Å². The van der Waals surface area contributed by atoms with E-state index >= 15 is 0 Å². The van der Waals surface area contributed by atoms with Crippen LogP contribution in [0.2, 0.25) is 5.02 Å². The van der Waals surface area contributed by atoms with Crippen molar-refractivity contribution >= 4 is 39.9 Å². The van der Waals surface area contributed by atoms with E-state index < -0.39 is 29.6 Å². The van der Waals surface area contributed by atoms with Crippen molar-refractivity contribution in [3.63, 3.8) is 0 Å². The average Bonchev–Trinajstić information content (AvgIpc) is 3.54. The number of rotatable bonds is 6. The third-order valence-corrected chi connectivity index (χ3v) is 6.57. The van der Waals surface area contributed by atoms with Gasteiger partial charge in [0, 0.05) is 22.2 Å². The van der Waals surface area contributed by atoms with Gasteiger partial charge in [0.15, 0.2) is 5.65 Å². The van der Waals surface area contributed by atoms with Crippen molar-refractivity contribution in [1.29, 1.82) is 10.5 Å². The van der Waals surface area contributed by atoms with Crippen molar-refractivity contribution in [3.05, 3.63) is 52.4 Å². The highest BCUT2D eigenvalue weighted by atomic mass is 35.5. The maximum Gasteiger partial charge on any atom is 0.283 e. The number of pyridine rings is 1. The first-order valence-electron chi connectivity index (χ1n) is 11.3. The molecule has 2 N–H and O–H groups in total. The van der Waals surface area contributed by atoms with E-state index in [-0.39, 0.29) is 17.0 Å². The molecule has 0 aliphatic heterocycles. The van der Waals surface area contributed by atoms with Gasteiger partial charge in [0.1, 0.15) is 34.7 Å². The van der Waals surface area contributed by atoms with Crippen LogP contribution in [0.5, 0.6) is 0 Å². The summed E-state index contributed by atoms with van der Waals surface area (Å²) in [5.74, 6) is -0.251. The zero-order valence-electron chi connectivity index (χ0n) is 19.7. The van der Waals surface area contributed by atoms with Crippen molar-refractivity contribution < 1.29 is 13.6 Å². The van der Waals surface area contributed by atoms with Gasteiger partial charge in [0.05, 0.1) is 17.3 Å². The van der Waals surface area contributed by atoms with Crippen LogP contribution < -0.4 is 10.6 Å². The van der Waals surface area contributed by atoms with E-state index in [0.29, 0.717) is 45.6 Å². The van der Waals surface area contributed by atoms with E-state index in [1.165, 1.54) is 0 Å². The molecule has 37 heavy (non-hydrogen) atoms. The van der Waals surface area contributed by atoms with Crippen LogP contribution in [-0.2, 0) is 4.79 Å². The molecule has 0 bridgehead atoms. The van der Waals surface area contributed by atoms with E-state index in [0.717, 1.165) is 4.52 Å². The zero-order chi connectivity index (χ0) is 26.5. The number of nitriles is 2. The number of anilines is 1. The Hall–Kier alpha value is -4.35. The second kappa shape index (κ2) is 8.95. The summed E-state index contributed by atoms with van der Waals surface area (Å²) in [6.07, 6.45) is -0.321. The Morgan fingerprint density at radius 1 is 1.27 bits per heavy atom. The Kier molecular flexibility index (Phi) is 5.89. The Morgan fingerprint density at radius 3 is 2.68 bits per heavy atom. The first-order chi connectivity index (χ1) is 17.7. The predicted octanol–water partition coefficient (Wildman–Crippen LogP) is 4.69. The summed E-state index contributed by atoms with van der Waals surface area (Å²) in [5, 5.41) is 30.0. The van der Waals surface area contributed by atoms with Gasteiger partial charge in [0.25, 0.3) is 6.43 Å². The molecule has 1 aliphatic rings. The minimum Gasteiger partial charge on any atom is -0.358 e. The van der Waals surface area contributed by atoms with Crippen LogP contribution in [0, 0.1) is 29.6 Å². The van der Waals surface area contributed by atoms with Gasteiger partial charge in [-0.05, 0) is 50.5 Å². The van der Waals surface area contributed by atoms with Crippen LogP contribution in [-0.4, -0.2) is 37.1 Å². The molecular formula is C25H19ClF2N8O. The average molecular weight is 521 g/mol. The number of aromatic nitrogens is 4. The molecule has 186 valence electrons. The van der Waals surface area contributed by atoms with Gasteiger partial charge in [-0.1, -0.05) is 17.7 Å². The highest BCUT2D eigenvalue weighted by Crippen LogP contribution is 2.38. The molecule has 5 rings (SSSR count). The summed E-state index contributed by atoms with van der Waals surface area (Å²) in [5.41, 5.74) is 0.129. The van der Waals surface area contributed by atoms with Crippen LogP contribution in [0.1, 0.15) is 43.1 Å². The quantitative estimate of drug-likeness (QED) is 0.377. The number of carbonyl (C=O) groups excluding carboxylic acids is 1. The summed E-state index contributed by atoms with van der Waals surface area (Å²) in [6.45, 7) is 3.26. The lowest BCUT2D eigenvalue weighted by Gasteiger charge is -2.21. The van der Waals surface area contributed by atoms with Crippen molar-refractivity contribution in [2.24, 2.45) is 0 Å². The number of halogens is 3. The molecule has 1 aromatic carbocycles. The summed E-state index contributed by atoms with van der Waals surface area (Å²) in [7, 11) is 0. The normalized spacial score (nSPS) is 14.8. The van der Waals surface area contributed by atoms with Crippen molar-refractivity contribution in [2.45, 2.75) is 44.7 Å². The van der Waals surface area contributed by atoms with E-state index in [2.05, 4.69) is 31.8 Å². The van der Waals surface area contributed by atoms with Gasteiger partial charge < -0.3 is 10.6 Å². The highest BCUT2D eigenvalue weighted by Gasteiger charge is 2.45. The number of hydrogen-bond donors (Lipinski definition) is 2. The maximum absolute atomic E-state index is 13.8. The number of amides is 1. The van der Waals surface area contributed by atoms with Crippen LogP contribution in [0.4, 0.5) is 14.6 Å². The first-order valence-corrected chi connectivity index (χ1v) is 11.7. The molecule has 3 heterocycles. The van der Waals surface area contributed by atoms with E-state index in [1.807, 2.05) is 0 Å².